The molecule has 0 spiro atoms. The van der Waals surface area contributed by atoms with Crippen molar-refractivity contribution in [3.63, 3.8) is 0 Å². The lowest BCUT2D eigenvalue weighted by molar-refractivity contribution is -0.122. The van der Waals surface area contributed by atoms with Crippen molar-refractivity contribution in [2.75, 3.05) is 11.9 Å². The van der Waals surface area contributed by atoms with E-state index in [1.165, 1.54) is 0 Å². The second kappa shape index (κ2) is 5.64. The van der Waals surface area contributed by atoms with Gasteiger partial charge in [-0.3, -0.25) is 9.59 Å². The van der Waals surface area contributed by atoms with Crippen molar-refractivity contribution in [2.24, 2.45) is 5.73 Å². The number of hydrogen-bond donors (Lipinski definition) is 3. The molecule has 1 heterocycles. The Balaban J connectivity index is 1.92. The minimum absolute atomic E-state index is 0.0616. The summed E-state index contributed by atoms with van der Waals surface area (Å²) in [7, 11) is 0. The number of carbonyl (C=O) groups is 2. The van der Waals surface area contributed by atoms with Gasteiger partial charge >= 0.3 is 0 Å². The van der Waals surface area contributed by atoms with Gasteiger partial charge in [-0.05, 0) is 37.1 Å². The minimum atomic E-state index is -0.402. The Hall–Kier alpha value is -1.88. The summed E-state index contributed by atoms with van der Waals surface area (Å²) in [6, 6.07) is 7.17. The molecule has 0 aromatic heterocycles. The number of hydrogen-bond acceptors (Lipinski definition) is 3. The van der Waals surface area contributed by atoms with Crippen LogP contribution in [0, 0.1) is 0 Å². The van der Waals surface area contributed by atoms with Crippen molar-refractivity contribution in [1.82, 2.24) is 5.32 Å². The van der Waals surface area contributed by atoms with E-state index in [2.05, 4.69) is 10.6 Å². The van der Waals surface area contributed by atoms with Crippen LogP contribution < -0.4 is 16.4 Å². The van der Waals surface area contributed by atoms with Crippen molar-refractivity contribution >= 4 is 17.5 Å². The van der Waals surface area contributed by atoms with E-state index in [0.29, 0.717) is 19.4 Å². The maximum atomic E-state index is 11.8. The van der Waals surface area contributed by atoms with E-state index in [-0.39, 0.29) is 11.8 Å². The van der Waals surface area contributed by atoms with Crippen LogP contribution in [-0.4, -0.2) is 24.4 Å². The van der Waals surface area contributed by atoms with Crippen LogP contribution in [0.25, 0.3) is 0 Å². The van der Waals surface area contributed by atoms with E-state index in [0.717, 1.165) is 17.7 Å². The van der Waals surface area contributed by atoms with Gasteiger partial charge in [0.2, 0.25) is 11.8 Å². The van der Waals surface area contributed by atoms with Crippen LogP contribution in [0.3, 0.4) is 0 Å². The van der Waals surface area contributed by atoms with Gasteiger partial charge in [0.25, 0.3) is 0 Å². The van der Waals surface area contributed by atoms with Gasteiger partial charge in [0.15, 0.2) is 0 Å². The molecule has 5 nitrogen and oxygen atoms in total. The van der Waals surface area contributed by atoms with Crippen LogP contribution >= 0.6 is 0 Å². The normalized spacial score (nSPS) is 18.5. The standard InChI is InChI=1S/C13H17N3O2/c14-8-7-9-1-3-10(4-2-9)15-13(18)11-5-6-12(17)16-11/h1-4,11H,5-8,14H2,(H,15,18)(H,16,17). The predicted octanol–water partition coefficient (Wildman–Crippen LogP) is 0.405. The highest BCUT2D eigenvalue weighted by Crippen LogP contribution is 2.13. The Kier molecular flexibility index (Phi) is 3.94. The summed E-state index contributed by atoms with van der Waals surface area (Å²) in [5, 5.41) is 5.43. The maximum absolute atomic E-state index is 11.8. The minimum Gasteiger partial charge on any atom is -0.344 e. The summed E-state index contributed by atoms with van der Waals surface area (Å²) >= 11 is 0. The molecular formula is C13H17N3O2. The molecule has 5 heteroatoms. The Morgan fingerprint density at radius 3 is 2.67 bits per heavy atom. The maximum Gasteiger partial charge on any atom is 0.246 e. The number of carbonyl (C=O) groups excluding carboxylic acids is 2. The SMILES string of the molecule is NCCc1ccc(NC(=O)C2CCC(=O)N2)cc1. The lowest BCUT2D eigenvalue weighted by Crippen LogP contribution is -2.37. The zero-order valence-electron chi connectivity index (χ0n) is 10.1. The third kappa shape index (κ3) is 3.07. The van der Waals surface area contributed by atoms with Crippen LogP contribution in [0.5, 0.6) is 0 Å². The molecule has 0 radical (unpaired) electrons. The summed E-state index contributed by atoms with van der Waals surface area (Å²) in [6.45, 7) is 0.611. The second-order valence-corrected chi connectivity index (χ2v) is 4.38. The first kappa shape index (κ1) is 12.6. The molecule has 1 saturated heterocycles. The van der Waals surface area contributed by atoms with Gasteiger partial charge in [0, 0.05) is 12.1 Å². The van der Waals surface area contributed by atoms with E-state index in [1.54, 1.807) is 0 Å². The molecule has 0 bridgehead atoms. The first-order valence-electron chi connectivity index (χ1n) is 6.08. The Morgan fingerprint density at radius 1 is 1.39 bits per heavy atom. The number of amides is 2. The van der Waals surface area contributed by atoms with Gasteiger partial charge in [-0.1, -0.05) is 12.1 Å². The number of nitrogens with two attached hydrogens (primary N) is 1. The first-order valence-corrected chi connectivity index (χ1v) is 6.08. The lowest BCUT2D eigenvalue weighted by atomic mass is 10.1. The third-order valence-corrected chi connectivity index (χ3v) is 2.97. The molecule has 1 fully saturated rings. The molecule has 96 valence electrons. The molecule has 2 amide bonds. The van der Waals surface area contributed by atoms with Gasteiger partial charge in [-0.25, -0.2) is 0 Å². The Bertz CT molecular complexity index is 442. The van der Waals surface area contributed by atoms with Gasteiger partial charge in [-0.2, -0.15) is 0 Å². The van der Waals surface area contributed by atoms with Crippen LogP contribution in [0.1, 0.15) is 18.4 Å². The molecule has 1 unspecified atom stereocenters. The number of nitrogens with one attached hydrogen (secondary N) is 2. The Morgan fingerprint density at radius 2 is 2.11 bits per heavy atom. The average molecular weight is 247 g/mol. The van der Waals surface area contributed by atoms with Crippen LogP contribution in [0.2, 0.25) is 0 Å². The van der Waals surface area contributed by atoms with E-state index >= 15 is 0 Å². The largest absolute Gasteiger partial charge is 0.344 e. The van der Waals surface area contributed by atoms with E-state index in [4.69, 9.17) is 5.73 Å². The van der Waals surface area contributed by atoms with Crippen LogP contribution in [0.15, 0.2) is 24.3 Å². The zero-order valence-corrected chi connectivity index (χ0v) is 10.1. The number of rotatable bonds is 4. The molecule has 0 saturated carbocycles. The monoisotopic (exact) mass is 247 g/mol. The highest BCUT2D eigenvalue weighted by atomic mass is 16.2. The van der Waals surface area contributed by atoms with Gasteiger partial charge in [0.1, 0.15) is 6.04 Å². The predicted molar refractivity (Wildman–Crippen MR) is 69.0 cm³/mol. The zero-order chi connectivity index (χ0) is 13.0. The summed E-state index contributed by atoms with van der Waals surface area (Å²) in [6.07, 6.45) is 1.82. The highest BCUT2D eigenvalue weighted by Gasteiger charge is 2.26. The van der Waals surface area contributed by atoms with E-state index in [1.807, 2.05) is 24.3 Å². The van der Waals surface area contributed by atoms with Crippen LogP contribution in [0.4, 0.5) is 5.69 Å². The molecule has 18 heavy (non-hydrogen) atoms. The van der Waals surface area contributed by atoms with Crippen molar-refractivity contribution in [1.29, 1.82) is 0 Å². The van der Waals surface area contributed by atoms with E-state index in [9.17, 15) is 9.59 Å². The molecular weight excluding hydrogens is 230 g/mol. The van der Waals surface area contributed by atoms with Crippen molar-refractivity contribution in [3.05, 3.63) is 29.8 Å². The summed E-state index contributed by atoms with van der Waals surface area (Å²) in [4.78, 5) is 22.8. The molecule has 1 aliphatic rings. The summed E-state index contributed by atoms with van der Waals surface area (Å²) in [5.74, 6) is -0.221. The molecule has 0 aliphatic carbocycles. The summed E-state index contributed by atoms with van der Waals surface area (Å²) in [5.41, 5.74) is 7.35. The quantitative estimate of drug-likeness (QED) is 0.720. The topological polar surface area (TPSA) is 84.2 Å². The molecule has 2 rings (SSSR count). The van der Waals surface area contributed by atoms with Crippen LogP contribution in [-0.2, 0) is 16.0 Å². The smallest absolute Gasteiger partial charge is 0.246 e. The first-order chi connectivity index (χ1) is 8.69. The fraction of sp³-hybridized carbons (Fsp3) is 0.385. The second-order valence-electron chi connectivity index (χ2n) is 4.38. The van der Waals surface area contributed by atoms with Gasteiger partial charge in [0.05, 0.1) is 0 Å². The average Bonchev–Trinajstić information content (AvgIpc) is 2.79. The van der Waals surface area contributed by atoms with Crippen molar-refractivity contribution < 1.29 is 9.59 Å². The summed E-state index contributed by atoms with van der Waals surface area (Å²) < 4.78 is 0. The fourth-order valence-electron chi connectivity index (χ4n) is 1.96. The number of anilines is 1. The van der Waals surface area contributed by atoms with Gasteiger partial charge in [-0.15, -0.1) is 0 Å². The molecule has 1 aromatic carbocycles. The fourth-order valence-corrected chi connectivity index (χ4v) is 1.96. The lowest BCUT2D eigenvalue weighted by Gasteiger charge is -2.11. The third-order valence-electron chi connectivity index (χ3n) is 2.97. The van der Waals surface area contributed by atoms with Gasteiger partial charge < -0.3 is 16.4 Å². The Labute approximate surface area is 106 Å². The van der Waals surface area contributed by atoms with Crippen molar-refractivity contribution in [2.45, 2.75) is 25.3 Å². The van der Waals surface area contributed by atoms with Crippen molar-refractivity contribution in [3.8, 4) is 0 Å². The molecule has 1 aromatic rings. The molecule has 1 atom stereocenters. The molecule has 4 N–H and O–H groups in total. The number of benzene rings is 1. The van der Waals surface area contributed by atoms with E-state index < -0.39 is 6.04 Å². The highest BCUT2D eigenvalue weighted by molar-refractivity contribution is 5.98. The molecule has 1 aliphatic heterocycles.